The van der Waals surface area contributed by atoms with E-state index in [1.54, 1.807) is 21.3 Å². The first-order valence-electron chi connectivity index (χ1n) is 6.19. The molecular weight excluding hydrogens is 310 g/mol. The Morgan fingerprint density at radius 2 is 1.89 bits per heavy atom. The molecule has 4 nitrogen and oxygen atoms in total. The van der Waals surface area contributed by atoms with Crippen molar-refractivity contribution in [3.8, 4) is 11.5 Å². The molecule has 0 fully saturated rings. The average molecular weight is 332 g/mol. The quantitative estimate of drug-likeness (QED) is 0.833. The first kappa shape index (κ1) is 16.3. The SMILES string of the molecule is CNC(CC(C)OC)c1ccc(OC)c(Br)c1OC. The van der Waals surface area contributed by atoms with Crippen LogP contribution < -0.4 is 14.8 Å². The van der Waals surface area contributed by atoms with Gasteiger partial charge in [-0.05, 0) is 48.5 Å². The zero-order valence-electron chi connectivity index (χ0n) is 12.1. The van der Waals surface area contributed by atoms with Crippen LogP contribution in [0.25, 0.3) is 0 Å². The number of hydrogen-bond acceptors (Lipinski definition) is 4. The molecule has 1 aromatic carbocycles. The second kappa shape index (κ2) is 7.72. The van der Waals surface area contributed by atoms with Gasteiger partial charge in [-0.25, -0.2) is 0 Å². The summed E-state index contributed by atoms with van der Waals surface area (Å²) in [5.41, 5.74) is 1.08. The maximum absolute atomic E-state index is 5.51. The van der Waals surface area contributed by atoms with Crippen LogP contribution in [0.2, 0.25) is 0 Å². The summed E-state index contributed by atoms with van der Waals surface area (Å²) < 4.78 is 17.0. The van der Waals surface area contributed by atoms with Gasteiger partial charge in [0.1, 0.15) is 16.0 Å². The van der Waals surface area contributed by atoms with E-state index in [0.29, 0.717) is 0 Å². The summed E-state index contributed by atoms with van der Waals surface area (Å²) in [6, 6.07) is 4.11. The Hall–Kier alpha value is -0.780. The van der Waals surface area contributed by atoms with E-state index >= 15 is 0 Å². The number of hydrogen-bond donors (Lipinski definition) is 1. The monoisotopic (exact) mass is 331 g/mol. The van der Waals surface area contributed by atoms with E-state index in [0.717, 1.165) is 28.0 Å². The molecule has 0 heterocycles. The van der Waals surface area contributed by atoms with Gasteiger partial charge in [0.15, 0.2) is 0 Å². The molecule has 108 valence electrons. The van der Waals surface area contributed by atoms with Crippen molar-refractivity contribution in [3.05, 3.63) is 22.2 Å². The molecule has 0 aliphatic carbocycles. The highest BCUT2D eigenvalue weighted by Crippen LogP contribution is 2.40. The molecule has 19 heavy (non-hydrogen) atoms. The van der Waals surface area contributed by atoms with Crippen molar-refractivity contribution in [2.45, 2.75) is 25.5 Å². The molecule has 0 saturated carbocycles. The van der Waals surface area contributed by atoms with Gasteiger partial charge in [0, 0.05) is 18.7 Å². The van der Waals surface area contributed by atoms with Crippen molar-refractivity contribution in [3.63, 3.8) is 0 Å². The highest BCUT2D eigenvalue weighted by atomic mass is 79.9. The van der Waals surface area contributed by atoms with Gasteiger partial charge in [-0.15, -0.1) is 0 Å². The Morgan fingerprint density at radius 3 is 2.37 bits per heavy atom. The third-order valence-electron chi connectivity index (χ3n) is 3.21. The first-order chi connectivity index (χ1) is 9.08. The zero-order chi connectivity index (χ0) is 14.4. The third kappa shape index (κ3) is 3.84. The molecule has 0 spiro atoms. The van der Waals surface area contributed by atoms with Crippen LogP contribution in [0.15, 0.2) is 16.6 Å². The largest absolute Gasteiger partial charge is 0.495 e. The molecule has 0 amide bonds. The van der Waals surface area contributed by atoms with Crippen molar-refractivity contribution in [2.75, 3.05) is 28.4 Å². The van der Waals surface area contributed by atoms with Crippen LogP contribution in [0.3, 0.4) is 0 Å². The van der Waals surface area contributed by atoms with Gasteiger partial charge in [0.05, 0.1) is 20.3 Å². The average Bonchev–Trinajstić information content (AvgIpc) is 2.44. The summed E-state index contributed by atoms with van der Waals surface area (Å²) in [4.78, 5) is 0. The molecule has 0 aliphatic rings. The maximum atomic E-state index is 5.51. The molecular formula is C14H22BrNO3. The molecule has 0 bridgehead atoms. The highest BCUT2D eigenvalue weighted by molar-refractivity contribution is 9.10. The van der Waals surface area contributed by atoms with E-state index in [-0.39, 0.29) is 12.1 Å². The predicted octanol–water partition coefficient (Wildman–Crippen LogP) is 3.15. The molecule has 0 aliphatic heterocycles. The molecule has 5 heteroatoms. The van der Waals surface area contributed by atoms with E-state index in [2.05, 4.69) is 28.2 Å². The summed E-state index contributed by atoms with van der Waals surface area (Å²) in [7, 11) is 6.96. The van der Waals surface area contributed by atoms with Crippen molar-refractivity contribution in [1.82, 2.24) is 5.32 Å². The molecule has 1 aromatic rings. The van der Waals surface area contributed by atoms with Gasteiger partial charge < -0.3 is 19.5 Å². The summed E-state index contributed by atoms with van der Waals surface area (Å²) in [5.74, 6) is 1.55. The lowest BCUT2D eigenvalue weighted by molar-refractivity contribution is 0.101. The normalized spacial score (nSPS) is 14.0. The summed E-state index contributed by atoms with van der Waals surface area (Å²) >= 11 is 3.52. The van der Waals surface area contributed by atoms with Gasteiger partial charge in [-0.3, -0.25) is 0 Å². The number of nitrogens with one attached hydrogen (secondary N) is 1. The minimum absolute atomic E-state index is 0.159. The summed E-state index contributed by atoms with van der Waals surface area (Å²) in [6.45, 7) is 2.05. The van der Waals surface area contributed by atoms with Crippen LogP contribution in [0.5, 0.6) is 11.5 Å². The number of rotatable bonds is 7. The first-order valence-corrected chi connectivity index (χ1v) is 6.98. The van der Waals surface area contributed by atoms with Gasteiger partial charge in [-0.1, -0.05) is 0 Å². The Kier molecular flexibility index (Phi) is 6.62. The Morgan fingerprint density at radius 1 is 1.21 bits per heavy atom. The van der Waals surface area contributed by atoms with Crippen LogP contribution in [0, 0.1) is 0 Å². The van der Waals surface area contributed by atoms with Crippen LogP contribution in [-0.2, 0) is 4.74 Å². The van der Waals surface area contributed by atoms with Crippen LogP contribution in [0.1, 0.15) is 24.9 Å². The van der Waals surface area contributed by atoms with Gasteiger partial charge in [0.25, 0.3) is 0 Å². The molecule has 0 radical (unpaired) electrons. The van der Waals surface area contributed by atoms with Crippen LogP contribution in [-0.4, -0.2) is 34.5 Å². The predicted molar refractivity (Wildman–Crippen MR) is 80.1 cm³/mol. The highest BCUT2D eigenvalue weighted by Gasteiger charge is 2.21. The number of halogens is 1. The fraction of sp³-hybridized carbons (Fsp3) is 0.571. The van der Waals surface area contributed by atoms with Crippen LogP contribution >= 0.6 is 15.9 Å². The van der Waals surface area contributed by atoms with E-state index in [4.69, 9.17) is 14.2 Å². The minimum atomic E-state index is 0.159. The molecule has 0 saturated heterocycles. The topological polar surface area (TPSA) is 39.7 Å². The Labute approximate surface area is 123 Å². The standard InChI is InChI=1S/C14H22BrNO3/c1-9(17-3)8-11(16-2)10-6-7-12(18-4)13(15)14(10)19-5/h6-7,9,11,16H,8H2,1-5H3. The lowest BCUT2D eigenvalue weighted by Gasteiger charge is -2.23. The second-order valence-electron chi connectivity index (χ2n) is 4.33. The van der Waals surface area contributed by atoms with Crippen molar-refractivity contribution < 1.29 is 14.2 Å². The third-order valence-corrected chi connectivity index (χ3v) is 3.96. The Bertz CT molecular complexity index is 412. The molecule has 0 aromatic heterocycles. The molecule has 1 rings (SSSR count). The summed E-state index contributed by atoms with van der Waals surface area (Å²) in [6.07, 6.45) is 1.03. The van der Waals surface area contributed by atoms with E-state index in [1.807, 2.05) is 19.2 Å². The zero-order valence-corrected chi connectivity index (χ0v) is 13.7. The number of benzene rings is 1. The fourth-order valence-electron chi connectivity index (χ4n) is 2.02. The minimum Gasteiger partial charge on any atom is -0.495 e. The molecule has 2 unspecified atom stereocenters. The maximum Gasteiger partial charge on any atom is 0.141 e. The molecule has 2 atom stereocenters. The van der Waals surface area contributed by atoms with Crippen molar-refractivity contribution in [1.29, 1.82) is 0 Å². The van der Waals surface area contributed by atoms with E-state index in [9.17, 15) is 0 Å². The van der Waals surface area contributed by atoms with Crippen LogP contribution in [0.4, 0.5) is 0 Å². The lowest BCUT2D eigenvalue weighted by atomic mass is 10.00. The van der Waals surface area contributed by atoms with Gasteiger partial charge in [-0.2, -0.15) is 0 Å². The smallest absolute Gasteiger partial charge is 0.141 e. The molecule has 1 N–H and O–H groups in total. The van der Waals surface area contributed by atoms with Gasteiger partial charge >= 0.3 is 0 Å². The second-order valence-corrected chi connectivity index (χ2v) is 5.12. The summed E-state index contributed by atoms with van der Waals surface area (Å²) in [5, 5.41) is 3.30. The number of methoxy groups -OCH3 is 3. The van der Waals surface area contributed by atoms with Gasteiger partial charge in [0.2, 0.25) is 0 Å². The number of ether oxygens (including phenoxy) is 3. The fourth-order valence-corrected chi connectivity index (χ4v) is 2.71. The van der Waals surface area contributed by atoms with E-state index < -0.39 is 0 Å². The van der Waals surface area contributed by atoms with Crippen molar-refractivity contribution in [2.24, 2.45) is 0 Å². The van der Waals surface area contributed by atoms with E-state index in [1.165, 1.54) is 0 Å². The lowest BCUT2D eigenvalue weighted by Crippen LogP contribution is -2.22. The van der Waals surface area contributed by atoms with Crippen molar-refractivity contribution >= 4 is 15.9 Å². The Balaban J connectivity index is 3.13.